The molecule has 1 aromatic rings. The smallest absolute Gasteiger partial charge is 0.429 e. The van der Waals surface area contributed by atoms with Crippen LogP contribution < -0.4 is 0 Å². The number of aliphatic hydroxyl groups excluding tert-OH is 1. The summed E-state index contributed by atoms with van der Waals surface area (Å²) < 4.78 is 27.1. The first-order chi connectivity index (χ1) is 18.4. The van der Waals surface area contributed by atoms with Gasteiger partial charge >= 0.3 is 6.16 Å². The molecule has 1 N–H and O–H groups in total. The Morgan fingerprint density at radius 2 is 1.90 bits per heavy atom. The molecule has 7 atom stereocenters. The molecule has 208 valence electrons. The van der Waals surface area contributed by atoms with E-state index < -0.39 is 52.1 Å². The van der Waals surface area contributed by atoms with E-state index in [4.69, 9.17) is 9.47 Å². The Balaban J connectivity index is 1.25. The molecule has 5 rings (SSSR count). The first-order valence-corrected chi connectivity index (χ1v) is 13.3. The number of benzene rings is 1. The van der Waals surface area contributed by atoms with Crippen molar-refractivity contribution >= 4 is 23.4 Å². The molecular weight excluding hydrogens is 509 g/mol. The normalized spacial score (nSPS) is 36.7. The number of hydrogen-bond donors (Lipinski definition) is 1. The number of alkyl halides is 1. The lowest BCUT2D eigenvalue weighted by Crippen LogP contribution is -2.66. The third-order valence-corrected chi connectivity index (χ3v) is 9.89. The van der Waals surface area contributed by atoms with Crippen LogP contribution in [0.1, 0.15) is 51.5 Å². The van der Waals surface area contributed by atoms with Crippen LogP contribution >= 0.6 is 0 Å². The first-order valence-electron chi connectivity index (χ1n) is 13.3. The predicted octanol–water partition coefficient (Wildman–Crippen LogP) is 4.80. The van der Waals surface area contributed by atoms with Gasteiger partial charge in [0.2, 0.25) is 0 Å². The predicted molar refractivity (Wildman–Crippen MR) is 136 cm³/mol. The summed E-state index contributed by atoms with van der Waals surface area (Å²) in [6.07, 6.45) is 4.21. The maximum atomic E-state index is 17.1. The lowest BCUT2D eigenvalue weighted by atomic mass is 9.45. The van der Waals surface area contributed by atoms with Crippen molar-refractivity contribution in [1.82, 2.24) is 0 Å². The van der Waals surface area contributed by atoms with Crippen LogP contribution in [-0.4, -0.2) is 46.1 Å². The van der Waals surface area contributed by atoms with Crippen LogP contribution in [0.15, 0.2) is 48.1 Å². The van der Waals surface area contributed by atoms with E-state index in [9.17, 15) is 29.6 Å². The summed E-state index contributed by atoms with van der Waals surface area (Å²) in [5, 5.41) is 22.5. The van der Waals surface area contributed by atoms with Crippen LogP contribution in [0, 0.1) is 38.7 Å². The van der Waals surface area contributed by atoms with E-state index in [1.54, 1.807) is 19.1 Å². The highest BCUT2D eigenvalue weighted by Crippen LogP contribution is 2.68. The van der Waals surface area contributed by atoms with Crippen molar-refractivity contribution in [2.24, 2.45) is 28.6 Å². The Morgan fingerprint density at radius 3 is 2.64 bits per heavy atom. The monoisotopic (exact) mass is 541 g/mol. The van der Waals surface area contributed by atoms with Crippen LogP contribution in [0.3, 0.4) is 0 Å². The van der Waals surface area contributed by atoms with E-state index >= 15 is 4.39 Å². The summed E-state index contributed by atoms with van der Waals surface area (Å²) in [6, 6.07) is 5.83. The molecule has 0 amide bonds. The molecule has 9 nitrogen and oxygen atoms in total. The number of ether oxygens (including phenoxy) is 2. The van der Waals surface area contributed by atoms with Gasteiger partial charge in [0.05, 0.1) is 16.6 Å². The maximum absolute atomic E-state index is 17.1. The summed E-state index contributed by atoms with van der Waals surface area (Å²) in [5.41, 5.74) is -3.03. The minimum absolute atomic E-state index is 0.0772. The van der Waals surface area contributed by atoms with Crippen LogP contribution in [0.25, 0.3) is 0 Å². The largest absolute Gasteiger partial charge is 0.509 e. The fourth-order valence-electron chi connectivity index (χ4n) is 7.96. The van der Waals surface area contributed by atoms with Gasteiger partial charge in [-0.2, -0.15) is 0 Å². The third kappa shape index (κ3) is 4.20. The Labute approximate surface area is 225 Å². The number of halogens is 1. The van der Waals surface area contributed by atoms with Gasteiger partial charge in [0.25, 0.3) is 5.69 Å². The van der Waals surface area contributed by atoms with Gasteiger partial charge in [-0.3, -0.25) is 19.7 Å². The Morgan fingerprint density at radius 1 is 1.15 bits per heavy atom. The van der Waals surface area contributed by atoms with Gasteiger partial charge in [-0.1, -0.05) is 30.7 Å². The number of nitro groups is 1. The average Bonchev–Trinajstić information content (AvgIpc) is 3.24. The number of carbonyl (C=O) groups is 3. The van der Waals surface area contributed by atoms with Crippen molar-refractivity contribution < 1.29 is 38.3 Å². The van der Waals surface area contributed by atoms with Gasteiger partial charge in [-0.25, -0.2) is 9.18 Å². The highest BCUT2D eigenvalue weighted by molar-refractivity contribution is 6.01. The molecule has 0 heterocycles. The fourth-order valence-corrected chi connectivity index (χ4v) is 7.96. The van der Waals surface area contributed by atoms with E-state index in [0.717, 1.165) is 0 Å². The van der Waals surface area contributed by atoms with Gasteiger partial charge in [0.1, 0.15) is 6.61 Å². The first kappa shape index (κ1) is 27.2. The molecule has 1 aromatic carbocycles. The topological polar surface area (TPSA) is 133 Å². The van der Waals surface area contributed by atoms with E-state index in [0.29, 0.717) is 31.3 Å². The van der Waals surface area contributed by atoms with Crippen molar-refractivity contribution in [2.75, 3.05) is 6.61 Å². The van der Waals surface area contributed by atoms with Crippen molar-refractivity contribution in [1.29, 1.82) is 0 Å². The molecule has 10 heteroatoms. The van der Waals surface area contributed by atoms with Gasteiger partial charge in [0.15, 0.2) is 23.8 Å². The fraction of sp³-hybridized carbons (Fsp3) is 0.552. The van der Waals surface area contributed by atoms with E-state index in [2.05, 4.69) is 0 Å². The SMILES string of the molecule is C[C@]12C[C@H](O)[C@@]3(F)[C@@H](CCC4=CC(=O)C=C[C@@]43C)[C@@H]1CC[C@@H]2C(=O)COC(=O)OCc1ccccc1[N+](=O)[O-]. The number of nitro benzene ring substituents is 1. The molecule has 0 bridgehead atoms. The number of allylic oxidation sites excluding steroid dienone is 4. The number of aliphatic hydroxyl groups is 1. The van der Waals surface area contributed by atoms with Crippen molar-refractivity contribution in [3.05, 3.63) is 63.7 Å². The second-order valence-electron chi connectivity index (χ2n) is 11.7. The number of rotatable bonds is 6. The van der Waals surface area contributed by atoms with Crippen molar-refractivity contribution in [3.8, 4) is 0 Å². The molecule has 3 saturated carbocycles. The van der Waals surface area contributed by atoms with E-state index in [1.807, 2.05) is 6.92 Å². The third-order valence-electron chi connectivity index (χ3n) is 9.89. The Bertz CT molecular complexity index is 1290. The molecular formula is C29H32FNO8. The van der Waals surface area contributed by atoms with Crippen molar-refractivity contribution in [2.45, 2.75) is 64.3 Å². The number of ketones is 2. The Hall–Kier alpha value is -3.40. The average molecular weight is 542 g/mol. The molecule has 0 spiro atoms. The molecule has 0 aromatic heterocycles. The van der Waals surface area contributed by atoms with Crippen LogP contribution in [-0.2, 0) is 25.7 Å². The zero-order valence-electron chi connectivity index (χ0n) is 21.9. The number of para-hydroxylation sites is 1. The molecule has 39 heavy (non-hydrogen) atoms. The molecule has 0 radical (unpaired) electrons. The lowest BCUT2D eigenvalue weighted by molar-refractivity contribution is -0.385. The zero-order chi connectivity index (χ0) is 28.2. The highest BCUT2D eigenvalue weighted by Gasteiger charge is 2.70. The summed E-state index contributed by atoms with van der Waals surface area (Å²) in [4.78, 5) is 47.9. The lowest BCUT2D eigenvalue weighted by Gasteiger charge is -2.62. The minimum atomic E-state index is -1.96. The highest BCUT2D eigenvalue weighted by atomic mass is 19.1. The molecule has 3 fully saturated rings. The Kier molecular flexibility index (Phi) is 6.73. The quantitative estimate of drug-likeness (QED) is 0.308. The second kappa shape index (κ2) is 9.66. The second-order valence-corrected chi connectivity index (χ2v) is 11.7. The molecule has 0 aliphatic heterocycles. The molecule has 0 saturated heterocycles. The van der Waals surface area contributed by atoms with Crippen molar-refractivity contribution in [3.63, 3.8) is 0 Å². The van der Waals surface area contributed by atoms with Crippen LogP contribution in [0.2, 0.25) is 0 Å². The number of nitrogens with zero attached hydrogens (tertiary/aromatic N) is 1. The standard InChI is InChI=1S/C29H32FNO8/c1-27-14-25(34)29(30)21(8-7-18-13-19(32)11-12-28(18,29)2)20(27)9-10-22(27)24(33)16-39-26(35)38-15-17-5-3-4-6-23(17)31(36)37/h3-6,11-13,20-22,25,34H,7-10,14-16H2,1-2H3/t20-,21-,22+,25-,27-,28-,29-/m0/s1. The number of fused-ring (bicyclic) bond motifs is 5. The summed E-state index contributed by atoms with van der Waals surface area (Å²) in [6.45, 7) is 2.74. The van der Waals surface area contributed by atoms with Gasteiger partial charge < -0.3 is 14.6 Å². The zero-order valence-corrected chi connectivity index (χ0v) is 21.9. The van der Waals surface area contributed by atoms with Gasteiger partial charge in [-0.15, -0.1) is 0 Å². The summed E-state index contributed by atoms with van der Waals surface area (Å²) in [7, 11) is 0. The van der Waals surface area contributed by atoms with Gasteiger partial charge in [0, 0.05) is 23.3 Å². The molecule has 4 aliphatic carbocycles. The maximum Gasteiger partial charge on any atom is 0.509 e. The van der Waals surface area contributed by atoms with Crippen LogP contribution in [0.5, 0.6) is 0 Å². The number of Topliss-reactive ketones (excluding diaryl/α,β-unsaturated/α-hetero) is 1. The van der Waals surface area contributed by atoms with E-state index in [-0.39, 0.29) is 41.8 Å². The molecule has 0 unspecified atom stereocenters. The summed E-state index contributed by atoms with van der Waals surface area (Å²) >= 11 is 0. The van der Waals surface area contributed by atoms with Crippen LogP contribution in [0.4, 0.5) is 14.9 Å². The number of hydrogen-bond acceptors (Lipinski definition) is 8. The van der Waals surface area contributed by atoms with E-state index in [1.165, 1.54) is 30.4 Å². The number of carbonyl (C=O) groups excluding carboxylic acids is 3. The molecule has 4 aliphatic rings. The minimum Gasteiger partial charge on any atom is -0.429 e. The van der Waals surface area contributed by atoms with Gasteiger partial charge in [-0.05, 0) is 68.6 Å². The summed E-state index contributed by atoms with van der Waals surface area (Å²) in [5.74, 6) is -1.68.